The van der Waals surface area contributed by atoms with Crippen LogP contribution in [0.1, 0.15) is 37.9 Å². The van der Waals surface area contributed by atoms with Gasteiger partial charge in [0.15, 0.2) is 0 Å². The van der Waals surface area contributed by atoms with E-state index in [1.807, 2.05) is 19.1 Å². The maximum absolute atomic E-state index is 11.8. The van der Waals surface area contributed by atoms with Crippen LogP contribution in [-0.4, -0.2) is 32.7 Å². The van der Waals surface area contributed by atoms with E-state index in [4.69, 9.17) is 0 Å². The number of hydrogen-bond acceptors (Lipinski definition) is 5. The number of anilines is 1. The first-order valence-electron chi connectivity index (χ1n) is 8.42. The second-order valence-corrected chi connectivity index (χ2v) is 6.08. The van der Waals surface area contributed by atoms with Gasteiger partial charge in [-0.3, -0.25) is 4.79 Å². The zero-order chi connectivity index (χ0) is 17.7. The van der Waals surface area contributed by atoms with Gasteiger partial charge in [0.05, 0.1) is 6.10 Å². The quantitative estimate of drug-likeness (QED) is 0.726. The molecular weight excluding hydrogens is 304 g/mol. The summed E-state index contributed by atoms with van der Waals surface area (Å²) in [5, 5.41) is 13.3. The van der Waals surface area contributed by atoms with E-state index in [0.29, 0.717) is 35.4 Å². The molecule has 0 amide bonds. The van der Waals surface area contributed by atoms with Crippen molar-refractivity contribution in [2.24, 2.45) is 5.92 Å². The number of hydrogen-bond donors (Lipinski definition) is 3. The minimum atomic E-state index is -0.390. The summed E-state index contributed by atoms with van der Waals surface area (Å²) in [6.45, 7) is 8.21. The van der Waals surface area contributed by atoms with Crippen molar-refractivity contribution in [2.45, 2.75) is 46.6 Å². The number of aromatic amines is 1. The molecule has 2 heterocycles. The summed E-state index contributed by atoms with van der Waals surface area (Å²) >= 11 is 0. The number of rotatable bonds is 7. The molecule has 2 aromatic heterocycles. The first-order chi connectivity index (χ1) is 11.5. The van der Waals surface area contributed by atoms with Crippen LogP contribution in [0.5, 0.6) is 0 Å². The Hall–Kier alpha value is -2.21. The lowest BCUT2D eigenvalue weighted by molar-refractivity contribution is 0.114. The Bertz CT molecular complexity index is 721. The number of aliphatic hydroxyl groups is 1. The van der Waals surface area contributed by atoms with E-state index in [1.54, 1.807) is 13.1 Å². The SMILES string of the molecule is CCC(CC)C(O)CNc1ccc(-c2nc(C)c(C)c(=O)[nH]2)cn1. The zero-order valence-corrected chi connectivity index (χ0v) is 14.8. The molecule has 2 rings (SSSR count). The van der Waals surface area contributed by atoms with Crippen LogP contribution in [0.3, 0.4) is 0 Å². The van der Waals surface area contributed by atoms with Crippen molar-refractivity contribution in [2.75, 3.05) is 11.9 Å². The fourth-order valence-corrected chi connectivity index (χ4v) is 2.63. The smallest absolute Gasteiger partial charge is 0.254 e. The fraction of sp³-hybridized carbons (Fsp3) is 0.500. The third-order valence-electron chi connectivity index (χ3n) is 4.52. The van der Waals surface area contributed by atoms with E-state index in [2.05, 4.69) is 34.1 Å². The number of aromatic nitrogens is 3. The van der Waals surface area contributed by atoms with E-state index < -0.39 is 0 Å². The molecule has 0 aromatic carbocycles. The number of aryl methyl sites for hydroxylation is 1. The minimum Gasteiger partial charge on any atom is -0.391 e. The van der Waals surface area contributed by atoms with Gasteiger partial charge >= 0.3 is 0 Å². The van der Waals surface area contributed by atoms with Gasteiger partial charge in [0, 0.05) is 29.6 Å². The van der Waals surface area contributed by atoms with Crippen LogP contribution >= 0.6 is 0 Å². The minimum absolute atomic E-state index is 0.131. The van der Waals surface area contributed by atoms with Gasteiger partial charge in [-0.15, -0.1) is 0 Å². The number of aliphatic hydroxyl groups excluding tert-OH is 1. The molecule has 0 saturated carbocycles. The van der Waals surface area contributed by atoms with Crippen LogP contribution in [-0.2, 0) is 0 Å². The standard InChI is InChI=1S/C18H26N4O2/c1-5-13(6-2)15(23)10-20-16-8-7-14(9-19-16)17-21-12(4)11(3)18(24)22-17/h7-9,13,15,23H,5-6,10H2,1-4H3,(H,19,20)(H,21,22,24). The summed E-state index contributed by atoms with van der Waals surface area (Å²) in [6, 6.07) is 3.68. The first-order valence-corrected chi connectivity index (χ1v) is 8.42. The van der Waals surface area contributed by atoms with Gasteiger partial charge < -0.3 is 15.4 Å². The summed E-state index contributed by atoms with van der Waals surface area (Å²) in [5.41, 5.74) is 1.96. The van der Waals surface area contributed by atoms with Crippen LogP contribution in [0.25, 0.3) is 11.4 Å². The molecule has 0 aliphatic carbocycles. The van der Waals surface area contributed by atoms with Gasteiger partial charge in [-0.2, -0.15) is 0 Å². The molecule has 0 saturated heterocycles. The van der Waals surface area contributed by atoms with Crippen molar-refractivity contribution in [3.63, 3.8) is 0 Å². The third kappa shape index (κ3) is 4.20. The van der Waals surface area contributed by atoms with Crippen LogP contribution < -0.4 is 10.9 Å². The predicted molar refractivity (Wildman–Crippen MR) is 96.1 cm³/mol. The normalized spacial score (nSPS) is 12.4. The zero-order valence-electron chi connectivity index (χ0n) is 14.8. The van der Waals surface area contributed by atoms with Gasteiger partial charge in [0.2, 0.25) is 0 Å². The van der Waals surface area contributed by atoms with Crippen LogP contribution in [0.4, 0.5) is 5.82 Å². The Morgan fingerprint density at radius 3 is 2.50 bits per heavy atom. The summed E-state index contributed by atoms with van der Waals surface area (Å²) in [5.74, 6) is 1.50. The second-order valence-electron chi connectivity index (χ2n) is 6.08. The molecule has 0 aliphatic heterocycles. The Labute approximate surface area is 142 Å². The van der Waals surface area contributed by atoms with Gasteiger partial charge in [0.25, 0.3) is 5.56 Å². The van der Waals surface area contributed by atoms with E-state index in [1.165, 1.54) is 0 Å². The van der Waals surface area contributed by atoms with Crippen LogP contribution in [0, 0.1) is 19.8 Å². The average Bonchev–Trinajstić information content (AvgIpc) is 2.59. The largest absolute Gasteiger partial charge is 0.391 e. The first kappa shape index (κ1) is 18.1. The van der Waals surface area contributed by atoms with E-state index in [9.17, 15) is 9.90 Å². The number of nitrogens with one attached hydrogen (secondary N) is 2. The summed E-state index contributed by atoms with van der Waals surface area (Å²) < 4.78 is 0. The molecule has 130 valence electrons. The summed E-state index contributed by atoms with van der Waals surface area (Å²) in [6.07, 6.45) is 3.19. The molecule has 2 aromatic rings. The highest BCUT2D eigenvalue weighted by Gasteiger charge is 2.15. The van der Waals surface area contributed by atoms with Gasteiger partial charge in [0.1, 0.15) is 11.6 Å². The third-order valence-corrected chi connectivity index (χ3v) is 4.52. The van der Waals surface area contributed by atoms with Crippen molar-refractivity contribution < 1.29 is 5.11 Å². The van der Waals surface area contributed by atoms with Gasteiger partial charge in [-0.1, -0.05) is 26.7 Å². The number of H-pyrrole nitrogens is 1. The van der Waals surface area contributed by atoms with E-state index in [-0.39, 0.29) is 11.7 Å². The Morgan fingerprint density at radius 2 is 1.96 bits per heavy atom. The van der Waals surface area contributed by atoms with Crippen molar-refractivity contribution in [1.29, 1.82) is 0 Å². The molecule has 0 radical (unpaired) electrons. The maximum Gasteiger partial charge on any atom is 0.254 e. The molecule has 0 fully saturated rings. The summed E-state index contributed by atoms with van der Waals surface area (Å²) in [4.78, 5) is 23.3. The number of nitrogens with zero attached hydrogens (tertiary/aromatic N) is 2. The molecule has 1 atom stereocenters. The number of pyridine rings is 1. The highest BCUT2D eigenvalue weighted by Crippen LogP contribution is 2.17. The van der Waals surface area contributed by atoms with Crippen molar-refractivity contribution in [3.8, 4) is 11.4 Å². The van der Waals surface area contributed by atoms with Crippen LogP contribution in [0.15, 0.2) is 23.1 Å². The maximum atomic E-state index is 11.8. The molecule has 0 aliphatic rings. The highest BCUT2D eigenvalue weighted by atomic mass is 16.3. The van der Waals surface area contributed by atoms with Crippen molar-refractivity contribution >= 4 is 5.82 Å². The van der Waals surface area contributed by atoms with Crippen molar-refractivity contribution in [1.82, 2.24) is 15.0 Å². The monoisotopic (exact) mass is 330 g/mol. The lowest BCUT2D eigenvalue weighted by Crippen LogP contribution is -2.27. The van der Waals surface area contributed by atoms with Gasteiger partial charge in [-0.25, -0.2) is 9.97 Å². The molecule has 1 unspecified atom stereocenters. The van der Waals surface area contributed by atoms with E-state index in [0.717, 1.165) is 18.4 Å². The Kier molecular flexibility index (Phi) is 6.09. The molecule has 0 spiro atoms. The average molecular weight is 330 g/mol. The lowest BCUT2D eigenvalue weighted by Gasteiger charge is -2.20. The van der Waals surface area contributed by atoms with E-state index >= 15 is 0 Å². The Balaban J connectivity index is 2.07. The lowest BCUT2D eigenvalue weighted by atomic mass is 9.96. The van der Waals surface area contributed by atoms with Crippen LogP contribution in [0.2, 0.25) is 0 Å². The molecule has 6 heteroatoms. The molecule has 6 nitrogen and oxygen atoms in total. The molecule has 3 N–H and O–H groups in total. The molecule has 0 bridgehead atoms. The van der Waals surface area contributed by atoms with Crippen molar-refractivity contribution in [3.05, 3.63) is 39.9 Å². The Morgan fingerprint density at radius 1 is 1.25 bits per heavy atom. The second kappa shape index (κ2) is 8.06. The fourth-order valence-electron chi connectivity index (χ4n) is 2.63. The topological polar surface area (TPSA) is 90.9 Å². The summed E-state index contributed by atoms with van der Waals surface area (Å²) in [7, 11) is 0. The molecular formula is C18H26N4O2. The van der Waals surface area contributed by atoms with Gasteiger partial charge in [-0.05, 0) is 31.9 Å². The highest BCUT2D eigenvalue weighted by molar-refractivity contribution is 5.56. The predicted octanol–water partition coefficient (Wildman–Crippen LogP) is 2.66. The molecule has 24 heavy (non-hydrogen) atoms.